The van der Waals surface area contributed by atoms with Gasteiger partial charge in [0.05, 0.1) is 13.7 Å². The quantitative estimate of drug-likeness (QED) is 0.731. The lowest BCUT2D eigenvalue weighted by Gasteiger charge is -2.07. The van der Waals surface area contributed by atoms with Gasteiger partial charge >= 0.3 is 0 Å². The fourth-order valence-electron chi connectivity index (χ4n) is 1.68. The Morgan fingerprint density at radius 1 is 1.44 bits per heavy atom. The average molecular weight is 218 g/mol. The number of benzene rings is 1. The Balaban J connectivity index is 2.30. The fourth-order valence-corrected chi connectivity index (χ4v) is 1.68. The van der Waals surface area contributed by atoms with Gasteiger partial charge in [0.1, 0.15) is 5.75 Å². The predicted octanol–water partition coefficient (Wildman–Crippen LogP) is 2.49. The molecule has 1 heterocycles. The highest BCUT2D eigenvalue weighted by Crippen LogP contribution is 2.22. The first kappa shape index (κ1) is 10.7. The third-order valence-electron chi connectivity index (χ3n) is 2.60. The topological polar surface area (TPSA) is 35.5 Å². The van der Waals surface area contributed by atoms with E-state index in [0.717, 1.165) is 17.7 Å². The molecule has 3 heteroatoms. The number of allylic oxidation sites excluding steroid dienone is 1. The van der Waals surface area contributed by atoms with Gasteiger partial charge in [-0.05, 0) is 24.6 Å². The molecule has 0 aliphatic carbocycles. The lowest BCUT2D eigenvalue weighted by atomic mass is 10.1. The van der Waals surface area contributed by atoms with E-state index in [2.05, 4.69) is 0 Å². The van der Waals surface area contributed by atoms with Crippen molar-refractivity contribution in [3.8, 4) is 5.75 Å². The Kier molecular flexibility index (Phi) is 2.95. The highest BCUT2D eigenvalue weighted by atomic mass is 16.5. The molecule has 0 unspecified atom stereocenters. The zero-order chi connectivity index (χ0) is 11.5. The van der Waals surface area contributed by atoms with Crippen LogP contribution in [-0.2, 0) is 4.74 Å². The molecular formula is C13H14O3. The minimum atomic E-state index is -0.0733. The van der Waals surface area contributed by atoms with Gasteiger partial charge in [0.25, 0.3) is 0 Å². The summed E-state index contributed by atoms with van der Waals surface area (Å²) in [7, 11) is 1.60. The molecule has 1 aliphatic rings. The van der Waals surface area contributed by atoms with Gasteiger partial charge in [0, 0.05) is 12.0 Å². The molecule has 84 valence electrons. The summed E-state index contributed by atoms with van der Waals surface area (Å²) in [6.07, 6.45) is 2.64. The van der Waals surface area contributed by atoms with Crippen LogP contribution in [0.15, 0.2) is 30.0 Å². The van der Waals surface area contributed by atoms with Crippen LogP contribution in [0.5, 0.6) is 5.75 Å². The number of ether oxygens (including phenoxy) is 2. The standard InChI is InChI=1S/C13H14O3/c1-9-5-6-10(8-12(9)15-2)13(14)11-4-3-7-16-11/h4-6,8H,3,7H2,1-2H3. The number of Topliss-reactive ketones (excluding diaryl/α,β-unsaturated/α-hetero) is 1. The van der Waals surface area contributed by atoms with E-state index in [4.69, 9.17) is 9.47 Å². The molecule has 0 amide bonds. The maximum Gasteiger partial charge on any atom is 0.227 e. The maximum absolute atomic E-state index is 12.0. The van der Waals surface area contributed by atoms with Crippen molar-refractivity contribution in [1.29, 1.82) is 0 Å². The summed E-state index contributed by atoms with van der Waals surface area (Å²) in [6, 6.07) is 5.42. The number of rotatable bonds is 3. The predicted molar refractivity (Wildman–Crippen MR) is 60.7 cm³/mol. The second-order valence-corrected chi connectivity index (χ2v) is 3.72. The Labute approximate surface area is 94.7 Å². The highest BCUT2D eigenvalue weighted by Gasteiger charge is 2.17. The molecule has 0 N–H and O–H groups in total. The molecule has 1 aliphatic heterocycles. The summed E-state index contributed by atoms with van der Waals surface area (Å²) in [5.41, 5.74) is 1.62. The average Bonchev–Trinajstić information content (AvgIpc) is 2.82. The zero-order valence-corrected chi connectivity index (χ0v) is 9.45. The summed E-state index contributed by atoms with van der Waals surface area (Å²) in [6.45, 7) is 2.54. The van der Waals surface area contributed by atoms with Crippen LogP contribution in [0.3, 0.4) is 0 Å². The minimum Gasteiger partial charge on any atom is -0.496 e. The molecule has 0 fully saturated rings. The van der Waals surface area contributed by atoms with Gasteiger partial charge < -0.3 is 9.47 Å². The number of methoxy groups -OCH3 is 1. The number of carbonyl (C=O) groups excluding carboxylic acids is 1. The number of hydrogen-bond acceptors (Lipinski definition) is 3. The molecule has 2 rings (SSSR count). The summed E-state index contributed by atoms with van der Waals surface area (Å²) < 4.78 is 10.4. The van der Waals surface area contributed by atoms with E-state index in [0.29, 0.717) is 17.9 Å². The molecule has 0 spiro atoms. The molecule has 0 radical (unpaired) electrons. The van der Waals surface area contributed by atoms with Crippen LogP contribution in [-0.4, -0.2) is 19.5 Å². The van der Waals surface area contributed by atoms with E-state index in [9.17, 15) is 4.79 Å². The first-order valence-corrected chi connectivity index (χ1v) is 5.24. The number of carbonyl (C=O) groups is 1. The van der Waals surface area contributed by atoms with Crippen LogP contribution in [0.4, 0.5) is 0 Å². The van der Waals surface area contributed by atoms with E-state index >= 15 is 0 Å². The van der Waals surface area contributed by atoms with Crippen LogP contribution in [0.2, 0.25) is 0 Å². The summed E-state index contributed by atoms with van der Waals surface area (Å²) in [5.74, 6) is 1.10. The molecule has 0 atom stereocenters. The number of ketones is 1. The SMILES string of the molecule is COc1cc(C(=O)C2=CCCO2)ccc1C. The van der Waals surface area contributed by atoms with E-state index < -0.39 is 0 Å². The molecule has 16 heavy (non-hydrogen) atoms. The van der Waals surface area contributed by atoms with Crippen molar-refractivity contribution in [1.82, 2.24) is 0 Å². The lowest BCUT2D eigenvalue weighted by molar-refractivity contribution is 0.0942. The van der Waals surface area contributed by atoms with Crippen LogP contribution >= 0.6 is 0 Å². The number of hydrogen-bond donors (Lipinski definition) is 0. The van der Waals surface area contributed by atoms with Gasteiger partial charge in [-0.3, -0.25) is 4.79 Å². The van der Waals surface area contributed by atoms with Gasteiger partial charge in [-0.1, -0.05) is 12.1 Å². The Morgan fingerprint density at radius 2 is 2.25 bits per heavy atom. The first-order chi connectivity index (χ1) is 7.72. The summed E-state index contributed by atoms with van der Waals surface area (Å²) in [5, 5.41) is 0. The second kappa shape index (κ2) is 4.39. The van der Waals surface area contributed by atoms with Crippen molar-refractivity contribution in [2.75, 3.05) is 13.7 Å². The third-order valence-corrected chi connectivity index (χ3v) is 2.60. The smallest absolute Gasteiger partial charge is 0.227 e. The van der Waals surface area contributed by atoms with E-state index in [-0.39, 0.29) is 5.78 Å². The van der Waals surface area contributed by atoms with E-state index in [1.54, 1.807) is 19.2 Å². The maximum atomic E-state index is 12.0. The molecule has 1 aromatic carbocycles. The van der Waals surface area contributed by atoms with Gasteiger partial charge in [-0.2, -0.15) is 0 Å². The Bertz CT molecular complexity index is 446. The fraction of sp³-hybridized carbons (Fsp3) is 0.308. The molecule has 0 saturated carbocycles. The van der Waals surface area contributed by atoms with Gasteiger partial charge in [-0.15, -0.1) is 0 Å². The van der Waals surface area contributed by atoms with Crippen molar-refractivity contribution < 1.29 is 14.3 Å². The molecule has 0 aromatic heterocycles. The third kappa shape index (κ3) is 1.94. The van der Waals surface area contributed by atoms with Crippen LogP contribution in [0, 0.1) is 6.92 Å². The summed E-state index contributed by atoms with van der Waals surface area (Å²) in [4.78, 5) is 12.0. The molecular weight excluding hydrogens is 204 g/mol. The zero-order valence-electron chi connectivity index (χ0n) is 9.45. The van der Waals surface area contributed by atoms with Gasteiger partial charge in [0.15, 0.2) is 5.76 Å². The number of aryl methyl sites for hydroxylation is 1. The largest absolute Gasteiger partial charge is 0.496 e. The van der Waals surface area contributed by atoms with Crippen LogP contribution in [0.25, 0.3) is 0 Å². The van der Waals surface area contributed by atoms with Crippen LogP contribution < -0.4 is 4.74 Å². The van der Waals surface area contributed by atoms with Gasteiger partial charge in [0.2, 0.25) is 5.78 Å². The monoisotopic (exact) mass is 218 g/mol. The van der Waals surface area contributed by atoms with Crippen LogP contribution in [0.1, 0.15) is 22.3 Å². The van der Waals surface area contributed by atoms with E-state index in [1.807, 2.05) is 19.1 Å². The van der Waals surface area contributed by atoms with E-state index in [1.165, 1.54) is 0 Å². The second-order valence-electron chi connectivity index (χ2n) is 3.72. The van der Waals surface area contributed by atoms with Gasteiger partial charge in [-0.25, -0.2) is 0 Å². The first-order valence-electron chi connectivity index (χ1n) is 5.24. The summed E-state index contributed by atoms with van der Waals surface area (Å²) >= 11 is 0. The van der Waals surface area contributed by atoms with Crippen molar-refractivity contribution in [2.45, 2.75) is 13.3 Å². The molecule has 1 aromatic rings. The highest BCUT2D eigenvalue weighted by molar-refractivity contribution is 6.07. The molecule has 0 saturated heterocycles. The molecule has 0 bridgehead atoms. The normalized spacial score (nSPS) is 14.2. The minimum absolute atomic E-state index is 0.0733. The van der Waals surface area contributed by atoms with Crippen molar-refractivity contribution in [3.05, 3.63) is 41.2 Å². The Hall–Kier alpha value is -1.77. The molecule has 3 nitrogen and oxygen atoms in total. The Morgan fingerprint density at radius 3 is 2.88 bits per heavy atom. The van der Waals surface area contributed by atoms with Crippen molar-refractivity contribution in [3.63, 3.8) is 0 Å². The van der Waals surface area contributed by atoms with Crippen molar-refractivity contribution in [2.24, 2.45) is 0 Å². The lowest BCUT2D eigenvalue weighted by Crippen LogP contribution is -2.04. The van der Waals surface area contributed by atoms with Crippen molar-refractivity contribution >= 4 is 5.78 Å².